The van der Waals surface area contributed by atoms with Crippen LogP contribution in [0.5, 0.6) is 0 Å². The Morgan fingerprint density at radius 2 is 1.00 bits per heavy atom. The molecule has 0 spiro atoms. The minimum atomic E-state index is 1.32. The Kier molecular flexibility index (Phi) is 6.45. The largest absolute Gasteiger partial charge is 0.0654 e. The molecule has 0 aliphatic carbocycles. The van der Waals surface area contributed by atoms with Crippen LogP contribution in [0.2, 0.25) is 0 Å². The van der Waals surface area contributed by atoms with Crippen LogP contribution in [-0.2, 0) is 0 Å². The zero-order valence-electron chi connectivity index (χ0n) is 8.72. The Bertz CT molecular complexity index is 161. The van der Waals surface area contributed by atoms with Gasteiger partial charge in [-0.05, 0) is 13.8 Å². The maximum atomic E-state index is 2.18. The standard InChI is InChI=1S/C8H10.C4H10/c1-7-3-5-8(2)6-4-7;1-3-4-2/h3-6H,1-2H3;3-4H2,1-2H3. The van der Waals surface area contributed by atoms with Gasteiger partial charge in [0.1, 0.15) is 0 Å². The zero-order valence-corrected chi connectivity index (χ0v) is 8.72. The normalized spacial score (nSPS) is 8.67. The summed E-state index contributed by atoms with van der Waals surface area (Å²) in [5.74, 6) is 0. The lowest BCUT2D eigenvalue weighted by atomic mass is 10.2. The first-order valence-corrected chi connectivity index (χ1v) is 4.74. The topological polar surface area (TPSA) is 0 Å². The second-order valence-corrected chi connectivity index (χ2v) is 3.15. The molecule has 0 unspecified atom stereocenters. The van der Waals surface area contributed by atoms with Gasteiger partial charge in [0.05, 0.1) is 0 Å². The highest BCUT2D eigenvalue weighted by atomic mass is 13.9. The Balaban J connectivity index is 0.000000261. The number of hydrogen-bond donors (Lipinski definition) is 0. The number of unbranched alkanes of at least 4 members (excludes halogenated alkanes) is 1. The van der Waals surface area contributed by atoms with Crippen molar-refractivity contribution in [3.05, 3.63) is 35.4 Å². The Hall–Kier alpha value is -0.780. The lowest BCUT2D eigenvalue weighted by molar-refractivity contribution is 0.886. The van der Waals surface area contributed by atoms with E-state index in [0.717, 1.165) is 0 Å². The quantitative estimate of drug-likeness (QED) is 0.586. The zero-order chi connectivity index (χ0) is 9.40. The molecular weight excluding hydrogens is 144 g/mol. The van der Waals surface area contributed by atoms with Crippen molar-refractivity contribution < 1.29 is 0 Å². The van der Waals surface area contributed by atoms with Gasteiger partial charge in [0.2, 0.25) is 0 Å². The van der Waals surface area contributed by atoms with Crippen LogP contribution in [0.4, 0.5) is 0 Å². The molecule has 0 aromatic heterocycles. The highest BCUT2D eigenvalue weighted by Gasteiger charge is 1.79. The molecule has 0 fully saturated rings. The molecule has 0 nitrogen and oxygen atoms in total. The predicted molar refractivity (Wildman–Crippen MR) is 56.5 cm³/mol. The third kappa shape index (κ3) is 5.96. The molecule has 0 atom stereocenters. The molecular formula is C12H20. The van der Waals surface area contributed by atoms with Crippen LogP contribution >= 0.6 is 0 Å². The average molecular weight is 164 g/mol. The fourth-order valence-corrected chi connectivity index (χ4v) is 0.637. The van der Waals surface area contributed by atoms with Crippen molar-refractivity contribution in [2.75, 3.05) is 0 Å². The Labute approximate surface area is 76.6 Å². The highest BCUT2D eigenvalue weighted by Crippen LogP contribution is 1.99. The number of benzene rings is 1. The minimum Gasteiger partial charge on any atom is -0.0654 e. The van der Waals surface area contributed by atoms with Crippen LogP contribution in [0.25, 0.3) is 0 Å². The number of aryl methyl sites for hydroxylation is 2. The van der Waals surface area contributed by atoms with Crippen LogP contribution in [0, 0.1) is 13.8 Å². The molecule has 12 heavy (non-hydrogen) atoms. The van der Waals surface area contributed by atoms with E-state index in [2.05, 4.69) is 52.0 Å². The van der Waals surface area contributed by atoms with E-state index in [4.69, 9.17) is 0 Å². The van der Waals surface area contributed by atoms with Crippen LogP contribution in [0.3, 0.4) is 0 Å². The summed E-state index contributed by atoms with van der Waals surface area (Å²) in [6.45, 7) is 8.55. The second-order valence-electron chi connectivity index (χ2n) is 3.15. The first-order valence-electron chi connectivity index (χ1n) is 4.74. The van der Waals surface area contributed by atoms with Gasteiger partial charge in [-0.25, -0.2) is 0 Å². The monoisotopic (exact) mass is 164 g/mol. The fourth-order valence-electron chi connectivity index (χ4n) is 0.637. The van der Waals surface area contributed by atoms with Gasteiger partial charge >= 0.3 is 0 Å². The summed E-state index contributed by atoms with van der Waals surface area (Å²) in [5, 5.41) is 0. The lowest BCUT2D eigenvalue weighted by Crippen LogP contribution is -1.70. The van der Waals surface area contributed by atoms with Crippen LogP contribution in [0.15, 0.2) is 24.3 Å². The summed E-state index contributed by atoms with van der Waals surface area (Å²) in [7, 11) is 0. The Morgan fingerprint density at radius 1 is 0.750 bits per heavy atom. The van der Waals surface area contributed by atoms with E-state index < -0.39 is 0 Å². The second kappa shape index (κ2) is 6.90. The molecule has 0 saturated heterocycles. The SMILES string of the molecule is CCCC.Cc1ccc(C)cc1. The summed E-state index contributed by atoms with van der Waals surface area (Å²) in [6, 6.07) is 8.48. The molecule has 0 aliphatic heterocycles. The van der Waals surface area contributed by atoms with Crippen molar-refractivity contribution in [3.63, 3.8) is 0 Å². The summed E-state index contributed by atoms with van der Waals surface area (Å²) in [4.78, 5) is 0. The van der Waals surface area contributed by atoms with Crippen molar-refractivity contribution in [3.8, 4) is 0 Å². The van der Waals surface area contributed by atoms with Gasteiger partial charge in [0.15, 0.2) is 0 Å². The summed E-state index contributed by atoms with van der Waals surface area (Å²) in [6.07, 6.45) is 2.64. The average Bonchev–Trinajstić information content (AvgIpc) is 2.11. The van der Waals surface area contributed by atoms with Crippen LogP contribution in [0.1, 0.15) is 37.8 Å². The molecule has 0 bridgehead atoms. The highest BCUT2D eigenvalue weighted by molar-refractivity contribution is 5.19. The lowest BCUT2D eigenvalue weighted by Gasteiger charge is -1.90. The maximum absolute atomic E-state index is 2.18. The van der Waals surface area contributed by atoms with Crippen molar-refractivity contribution in [1.29, 1.82) is 0 Å². The third-order valence-corrected chi connectivity index (χ3v) is 1.72. The van der Waals surface area contributed by atoms with E-state index >= 15 is 0 Å². The van der Waals surface area contributed by atoms with Crippen LogP contribution < -0.4 is 0 Å². The number of hydrogen-bond acceptors (Lipinski definition) is 0. The maximum Gasteiger partial charge on any atom is -0.0398 e. The van der Waals surface area contributed by atoms with Gasteiger partial charge in [-0.15, -0.1) is 0 Å². The van der Waals surface area contributed by atoms with E-state index in [9.17, 15) is 0 Å². The molecule has 0 N–H and O–H groups in total. The van der Waals surface area contributed by atoms with Crippen molar-refractivity contribution in [2.45, 2.75) is 40.5 Å². The molecule has 1 aromatic rings. The van der Waals surface area contributed by atoms with Gasteiger partial charge in [-0.2, -0.15) is 0 Å². The van der Waals surface area contributed by atoms with E-state index in [-0.39, 0.29) is 0 Å². The molecule has 0 aliphatic rings. The van der Waals surface area contributed by atoms with Gasteiger partial charge in [0, 0.05) is 0 Å². The molecule has 68 valence electrons. The molecule has 1 aromatic carbocycles. The van der Waals surface area contributed by atoms with Gasteiger partial charge < -0.3 is 0 Å². The Morgan fingerprint density at radius 3 is 1.17 bits per heavy atom. The van der Waals surface area contributed by atoms with Crippen LogP contribution in [-0.4, -0.2) is 0 Å². The summed E-state index contributed by atoms with van der Waals surface area (Å²) < 4.78 is 0. The predicted octanol–water partition coefficient (Wildman–Crippen LogP) is 4.11. The van der Waals surface area contributed by atoms with Gasteiger partial charge in [-0.3, -0.25) is 0 Å². The van der Waals surface area contributed by atoms with E-state index in [1.807, 2.05) is 0 Å². The summed E-state index contributed by atoms with van der Waals surface area (Å²) >= 11 is 0. The first kappa shape index (κ1) is 11.2. The van der Waals surface area contributed by atoms with Crippen molar-refractivity contribution in [1.82, 2.24) is 0 Å². The van der Waals surface area contributed by atoms with Gasteiger partial charge in [0.25, 0.3) is 0 Å². The molecule has 0 heterocycles. The van der Waals surface area contributed by atoms with E-state index in [0.29, 0.717) is 0 Å². The molecule has 0 amide bonds. The van der Waals surface area contributed by atoms with E-state index in [1.165, 1.54) is 24.0 Å². The first-order chi connectivity index (χ1) is 5.70. The molecule has 0 saturated carbocycles. The third-order valence-electron chi connectivity index (χ3n) is 1.72. The molecule has 0 radical (unpaired) electrons. The smallest absolute Gasteiger partial charge is 0.0398 e. The van der Waals surface area contributed by atoms with Crippen molar-refractivity contribution in [2.24, 2.45) is 0 Å². The minimum absolute atomic E-state index is 1.32. The van der Waals surface area contributed by atoms with Crippen molar-refractivity contribution >= 4 is 0 Å². The number of rotatable bonds is 1. The van der Waals surface area contributed by atoms with E-state index in [1.54, 1.807) is 0 Å². The van der Waals surface area contributed by atoms with Gasteiger partial charge in [-0.1, -0.05) is 62.1 Å². The summed E-state index contributed by atoms with van der Waals surface area (Å²) in [5.41, 5.74) is 2.66. The fraction of sp³-hybridized carbons (Fsp3) is 0.500. The molecule has 0 heteroatoms. The molecule has 1 rings (SSSR count).